The topological polar surface area (TPSA) is 70.7 Å². The van der Waals surface area contributed by atoms with Crippen LogP contribution in [-0.2, 0) is 4.79 Å². The summed E-state index contributed by atoms with van der Waals surface area (Å²) in [6.45, 7) is 7.86. The molecule has 1 saturated heterocycles. The standard InChI is InChI=1S/C12H24N4O.HI/c1-12(2,3)15-10(17)9-14-11(13)16-7-5-4-6-8-16;/h4-9H2,1-3H3,(H2,13,14)(H,15,17);1H. The van der Waals surface area contributed by atoms with Crippen molar-refractivity contribution < 1.29 is 4.79 Å². The molecule has 1 heterocycles. The molecule has 0 atom stereocenters. The Morgan fingerprint density at radius 2 is 1.83 bits per heavy atom. The van der Waals surface area contributed by atoms with Gasteiger partial charge in [-0.2, -0.15) is 0 Å². The third-order valence-electron chi connectivity index (χ3n) is 2.58. The molecule has 0 bridgehead atoms. The Morgan fingerprint density at radius 3 is 2.33 bits per heavy atom. The van der Waals surface area contributed by atoms with Crippen molar-refractivity contribution in [3.8, 4) is 0 Å². The van der Waals surface area contributed by atoms with Crippen LogP contribution in [0.25, 0.3) is 0 Å². The van der Waals surface area contributed by atoms with Gasteiger partial charge >= 0.3 is 0 Å². The number of likely N-dealkylation sites (tertiary alicyclic amines) is 1. The number of carbonyl (C=O) groups excluding carboxylic acids is 1. The van der Waals surface area contributed by atoms with E-state index in [2.05, 4.69) is 10.3 Å². The van der Waals surface area contributed by atoms with Crippen LogP contribution in [0.5, 0.6) is 0 Å². The number of guanidine groups is 1. The molecule has 1 amide bonds. The number of hydrogen-bond acceptors (Lipinski definition) is 2. The van der Waals surface area contributed by atoms with E-state index in [4.69, 9.17) is 5.73 Å². The van der Waals surface area contributed by atoms with E-state index in [-0.39, 0.29) is 42.0 Å². The fourth-order valence-corrected chi connectivity index (χ4v) is 1.83. The molecule has 18 heavy (non-hydrogen) atoms. The molecule has 0 unspecified atom stereocenters. The van der Waals surface area contributed by atoms with Gasteiger partial charge in [-0.25, -0.2) is 4.99 Å². The molecule has 5 nitrogen and oxygen atoms in total. The largest absolute Gasteiger partial charge is 0.370 e. The van der Waals surface area contributed by atoms with E-state index in [1.165, 1.54) is 6.42 Å². The van der Waals surface area contributed by atoms with Crippen molar-refractivity contribution in [2.24, 2.45) is 10.7 Å². The lowest BCUT2D eigenvalue weighted by Crippen LogP contribution is -2.44. The minimum absolute atomic E-state index is 0. The van der Waals surface area contributed by atoms with Gasteiger partial charge in [0.05, 0.1) is 0 Å². The molecule has 1 fully saturated rings. The van der Waals surface area contributed by atoms with Crippen LogP contribution < -0.4 is 11.1 Å². The number of rotatable bonds is 2. The van der Waals surface area contributed by atoms with Gasteiger partial charge in [0, 0.05) is 18.6 Å². The average Bonchev–Trinajstić information content (AvgIpc) is 2.25. The van der Waals surface area contributed by atoms with Crippen LogP contribution in [0.15, 0.2) is 4.99 Å². The lowest BCUT2D eigenvalue weighted by Gasteiger charge is -2.27. The minimum atomic E-state index is -0.216. The molecular weight excluding hydrogens is 343 g/mol. The fraction of sp³-hybridized carbons (Fsp3) is 0.833. The Balaban J connectivity index is 0.00000289. The molecule has 0 aromatic heterocycles. The molecule has 0 radical (unpaired) electrons. The van der Waals surface area contributed by atoms with Gasteiger partial charge in [0.1, 0.15) is 6.54 Å². The summed E-state index contributed by atoms with van der Waals surface area (Å²) in [5, 5.41) is 2.86. The first-order valence-corrected chi connectivity index (χ1v) is 6.24. The van der Waals surface area contributed by atoms with Crippen LogP contribution >= 0.6 is 24.0 Å². The summed E-state index contributed by atoms with van der Waals surface area (Å²) < 4.78 is 0. The zero-order valence-electron chi connectivity index (χ0n) is 11.5. The Hall–Kier alpha value is -0.530. The summed E-state index contributed by atoms with van der Waals surface area (Å²) >= 11 is 0. The smallest absolute Gasteiger partial charge is 0.242 e. The molecule has 6 heteroatoms. The van der Waals surface area contributed by atoms with Crippen LogP contribution in [0.2, 0.25) is 0 Å². The quantitative estimate of drug-likeness (QED) is 0.439. The van der Waals surface area contributed by atoms with E-state index in [1.54, 1.807) is 0 Å². The molecule has 0 spiro atoms. The van der Waals surface area contributed by atoms with Crippen LogP contribution in [0.4, 0.5) is 0 Å². The first kappa shape index (κ1) is 17.5. The monoisotopic (exact) mass is 368 g/mol. The summed E-state index contributed by atoms with van der Waals surface area (Å²) in [5.74, 6) is 0.409. The van der Waals surface area contributed by atoms with Crippen molar-refractivity contribution in [1.29, 1.82) is 0 Å². The second-order valence-electron chi connectivity index (χ2n) is 5.52. The summed E-state index contributed by atoms with van der Waals surface area (Å²) in [6, 6.07) is 0. The van der Waals surface area contributed by atoms with Crippen molar-refractivity contribution >= 4 is 35.8 Å². The van der Waals surface area contributed by atoms with Gasteiger partial charge in [-0.1, -0.05) is 0 Å². The number of nitrogens with two attached hydrogens (primary N) is 1. The van der Waals surface area contributed by atoms with Crippen LogP contribution in [-0.4, -0.2) is 41.9 Å². The van der Waals surface area contributed by atoms with Gasteiger partial charge in [0.15, 0.2) is 5.96 Å². The lowest BCUT2D eigenvalue weighted by atomic mass is 10.1. The number of nitrogens with zero attached hydrogens (tertiary/aromatic N) is 2. The number of carbonyl (C=O) groups is 1. The molecular formula is C12H25IN4O. The third-order valence-corrected chi connectivity index (χ3v) is 2.58. The SMILES string of the molecule is CC(C)(C)NC(=O)CN=C(N)N1CCCCC1.I. The van der Waals surface area contributed by atoms with Crippen molar-refractivity contribution in [2.45, 2.75) is 45.6 Å². The number of aliphatic imine (C=N–C) groups is 1. The zero-order valence-corrected chi connectivity index (χ0v) is 13.9. The van der Waals surface area contributed by atoms with Gasteiger partial charge in [-0.05, 0) is 40.0 Å². The van der Waals surface area contributed by atoms with E-state index in [9.17, 15) is 4.79 Å². The van der Waals surface area contributed by atoms with E-state index >= 15 is 0 Å². The van der Waals surface area contributed by atoms with E-state index < -0.39 is 0 Å². The Kier molecular flexibility index (Phi) is 7.58. The predicted molar refractivity (Wildman–Crippen MR) is 85.2 cm³/mol. The van der Waals surface area contributed by atoms with Crippen molar-refractivity contribution in [1.82, 2.24) is 10.2 Å². The van der Waals surface area contributed by atoms with Crippen molar-refractivity contribution in [2.75, 3.05) is 19.6 Å². The maximum atomic E-state index is 11.6. The third kappa shape index (κ3) is 7.03. The molecule has 1 rings (SSSR count). The number of amides is 1. The normalized spacial score (nSPS) is 17.1. The number of halogens is 1. The number of nitrogens with one attached hydrogen (secondary N) is 1. The molecule has 1 aliphatic heterocycles. The average molecular weight is 368 g/mol. The summed E-state index contributed by atoms with van der Waals surface area (Å²) in [6.07, 6.45) is 3.57. The van der Waals surface area contributed by atoms with Crippen LogP contribution in [0.3, 0.4) is 0 Å². The van der Waals surface area contributed by atoms with Gasteiger partial charge in [0.2, 0.25) is 5.91 Å². The highest BCUT2D eigenvalue weighted by atomic mass is 127. The zero-order chi connectivity index (χ0) is 12.9. The van der Waals surface area contributed by atoms with Crippen LogP contribution in [0, 0.1) is 0 Å². The van der Waals surface area contributed by atoms with Gasteiger partial charge in [-0.3, -0.25) is 4.79 Å². The van der Waals surface area contributed by atoms with Crippen LogP contribution in [0.1, 0.15) is 40.0 Å². The predicted octanol–water partition coefficient (Wildman–Crippen LogP) is 1.32. The second kappa shape index (κ2) is 7.81. The van der Waals surface area contributed by atoms with Crippen molar-refractivity contribution in [3.05, 3.63) is 0 Å². The Labute approximate surface area is 127 Å². The van der Waals surface area contributed by atoms with E-state index in [1.807, 2.05) is 25.7 Å². The highest BCUT2D eigenvalue weighted by Gasteiger charge is 2.15. The summed E-state index contributed by atoms with van der Waals surface area (Å²) in [5.41, 5.74) is 5.64. The highest BCUT2D eigenvalue weighted by molar-refractivity contribution is 14.0. The molecule has 0 saturated carbocycles. The molecule has 106 valence electrons. The number of piperidine rings is 1. The highest BCUT2D eigenvalue weighted by Crippen LogP contribution is 2.07. The minimum Gasteiger partial charge on any atom is -0.370 e. The Morgan fingerprint density at radius 1 is 1.28 bits per heavy atom. The molecule has 0 aromatic carbocycles. The summed E-state index contributed by atoms with van der Waals surface area (Å²) in [7, 11) is 0. The fourth-order valence-electron chi connectivity index (χ4n) is 1.83. The van der Waals surface area contributed by atoms with Gasteiger partial charge < -0.3 is 16.0 Å². The first-order chi connectivity index (χ1) is 7.88. The second-order valence-corrected chi connectivity index (χ2v) is 5.52. The molecule has 1 aliphatic rings. The molecule has 3 N–H and O–H groups in total. The summed E-state index contributed by atoms with van der Waals surface area (Å²) in [4.78, 5) is 17.7. The van der Waals surface area contributed by atoms with Gasteiger partial charge in [-0.15, -0.1) is 24.0 Å². The Bertz CT molecular complexity index is 293. The molecule has 0 aromatic rings. The maximum Gasteiger partial charge on any atom is 0.242 e. The van der Waals surface area contributed by atoms with Gasteiger partial charge in [0.25, 0.3) is 0 Å². The first-order valence-electron chi connectivity index (χ1n) is 6.24. The molecule has 0 aliphatic carbocycles. The maximum absolute atomic E-state index is 11.6. The lowest BCUT2D eigenvalue weighted by molar-refractivity contribution is -0.121. The van der Waals surface area contributed by atoms with E-state index in [0.29, 0.717) is 5.96 Å². The van der Waals surface area contributed by atoms with E-state index in [0.717, 1.165) is 25.9 Å². The van der Waals surface area contributed by atoms with Crippen molar-refractivity contribution in [3.63, 3.8) is 0 Å². The number of hydrogen-bond donors (Lipinski definition) is 2.